The van der Waals surface area contributed by atoms with Crippen LogP contribution in [0, 0.1) is 0 Å². The summed E-state index contributed by atoms with van der Waals surface area (Å²) in [5.41, 5.74) is 2.85. The van der Waals surface area contributed by atoms with E-state index in [0.717, 1.165) is 12.0 Å². The minimum absolute atomic E-state index is 0.0752. The average Bonchev–Trinajstić information content (AvgIpc) is 2.82. The monoisotopic (exact) mass is 539 g/mol. The van der Waals surface area contributed by atoms with Gasteiger partial charge in [-0.1, -0.05) is 43.3 Å². The van der Waals surface area contributed by atoms with E-state index in [2.05, 4.69) is 31.9 Å². The molecule has 0 fully saturated rings. The van der Waals surface area contributed by atoms with E-state index in [4.69, 9.17) is 17.0 Å². The van der Waals surface area contributed by atoms with E-state index in [-0.39, 0.29) is 16.9 Å². The molecule has 0 aromatic heterocycles. The predicted molar refractivity (Wildman–Crippen MR) is 143 cm³/mol. The van der Waals surface area contributed by atoms with Gasteiger partial charge in [0.2, 0.25) is 5.91 Å². The van der Waals surface area contributed by atoms with E-state index >= 15 is 0 Å². The molecule has 176 valence electrons. The zero-order chi connectivity index (χ0) is 24.3. The van der Waals surface area contributed by atoms with E-state index in [9.17, 15) is 9.59 Å². The van der Waals surface area contributed by atoms with Gasteiger partial charge in [-0.05, 0) is 83.0 Å². The summed E-state index contributed by atoms with van der Waals surface area (Å²) in [6.07, 6.45) is 1.95. The van der Waals surface area contributed by atoms with Crippen LogP contribution in [-0.2, 0) is 11.2 Å². The molecule has 0 aliphatic rings. The lowest BCUT2D eigenvalue weighted by atomic mass is 10.1. The molecule has 2 amide bonds. The standard InChI is InChI=1S/C26H26BrN3O3S/c1-2-15-33-23-13-12-19(16-22(23)27)25(32)30-26(34)29-21-10-6-9-20(17-21)28-24(31)14-11-18-7-4-3-5-8-18/h3-10,12-13,16-17H,2,11,14-15H2,1H3,(H,28,31)(H2,29,30,32,34). The normalized spacial score (nSPS) is 10.3. The summed E-state index contributed by atoms with van der Waals surface area (Å²) in [5.74, 6) is 0.265. The van der Waals surface area contributed by atoms with Gasteiger partial charge in [0.05, 0.1) is 11.1 Å². The number of hydrogen-bond acceptors (Lipinski definition) is 4. The van der Waals surface area contributed by atoms with Crippen molar-refractivity contribution in [2.75, 3.05) is 17.2 Å². The van der Waals surface area contributed by atoms with Crippen LogP contribution in [0.5, 0.6) is 5.75 Å². The van der Waals surface area contributed by atoms with Gasteiger partial charge in [0.1, 0.15) is 5.75 Å². The van der Waals surface area contributed by atoms with Crippen molar-refractivity contribution < 1.29 is 14.3 Å². The zero-order valence-corrected chi connectivity index (χ0v) is 21.2. The van der Waals surface area contributed by atoms with Crippen LogP contribution in [0.15, 0.2) is 77.3 Å². The van der Waals surface area contributed by atoms with Crippen molar-refractivity contribution in [1.29, 1.82) is 0 Å². The largest absolute Gasteiger partial charge is 0.492 e. The van der Waals surface area contributed by atoms with Gasteiger partial charge >= 0.3 is 0 Å². The molecule has 0 unspecified atom stereocenters. The topological polar surface area (TPSA) is 79.5 Å². The third kappa shape index (κ3) is 7.97. The highest BCUT2D eigenvalue weighted by Gasteiger charge is 2.11. The molecule has 3 rings (SSSR count). The molecule has 0 aliphatic heterocycles. The first kappa shape index (κ1) is 25.4. The lowest BCUT2D eigenvalue weighted by Crippen LogP contribution is -2.34. The van der Waals surface area contributed by atoms with E-state index < -0.39 is 0 Å². The lowest BCUT2D eigenvalue weighted by molar-refractivity contribution is -0.116. The molecule has 0 bridgehead atoms. The Morgan fingerprint density at radius 3 is 2.38 bits per heavy atom. The van der Waals surface area contributed by atoms with E-state index in [0.29, 0.717) is 46.6 Å². The first-order valence-electron chi connectivity index (χ1n) is 10.9. The van der Waals surface area contributed by atoms with Gasteiger partial charge in [0.25, 0.3) is 5.91 Å². The molecule has 6 nitrogen and oxygen atoms in total. The SMILES string of the molecule is CCCOc1ccc(C(=O)NC(=S)Nc2cccc(NC(=O)CCc3ccccc3)c2)cc1Br. The molecule has 0 atom stereocenters. The number of thiocarbonyl (C=S) groups is 1. The van der Waals surface area contributed by atoms with Crippen LogP contribution in [0.4, 0.5) is 11.4 Å². The Morgan fingerprint density at radius 1 is 0.941 bits per heavy atom. The highest BCUT2D eigenvalue weighted by Crippen LogP contribution is 2.26. The molecule has 3 aromatic carbocycles. The van der Waals surface area contributed by atoms with E-state index in [1.807, 2.05) is 37.3 Å². The van der Waals surface area contributed by atoms with Gasteiger partial charge < -0.3 is 15.4 Å². The molecule has 0 aliphatic carbocycles. The highest BCUT2D eigenvalue weighted by molar-refractivity contribution is 9.10. The smallest absolute Gasteiger partial charge is 0.257 e. The van der Waals surface area contributed by atoms with Crippen LogP contribution in [0.3, 0.4) is 0 Å². The summed E-state index contributed by atoms with van der Waals surface area (Å²) in [7, 11) is 0. The van der Waals surface area contributed by atoms with Gasteiger partial charge in [0, 0.05) is 23.4 Å². The summed E-state index contributed by atoms with van der Waals surface area (Å²) in [4.78, 5) is 24.9. The highest BCUT2D eigenvalue weighted by atomic mass is 79.9. The molecule has 3 aromatic rings. The number of benzene rings is 3. The Kier molecular flexibility index (Phi) is 9.61. The third-order valence-corrected chi connectivity index (χ3v) is 5.59. The fraction of sp³-hybridized carbons (Fsp3) is 0.192. The maximum atomic E-state index is 12.6. The van der Waals surface area contributed by atoms with Crippen molar-refractivity contribution in [1.82, 2.24) is 5.32 Å². The van der Waals surface area contributed by atoms with Crippen molar-refractivity contribution in [2.24, 2.45) is 0 Å². The number of amides is 2. The number of halogens is 1. The zero-order valence-electron chi connectivity index (χ0n) is 18.8. The van der Waals surface area contributed by atoms with Crippen LogP contribution >= 0.6 is 28.1 Å². The molecule has 0 radical (unpaired) electrons. The Labute approximate surface area is 213 Å². The van der Waals surface area contributed by atoms with Gasteiger partial charge in [0.15, 0.2) is 5.11 Å². The van der Waals surface area contributed by atoms with Crippen LogP contribution in [0.1, 0.15) is 35.7 Å². The second kappa shape index (κ2) is 12.9. The molecule has 0 spiro atoms. The number of anilines is 2. The number of aryl methyl sites for hydroxylation is 1. The molecule has 3 N–H and O–H groups in total. The number of hydrogen-bond donors (Lipinski definition) is 3. The molecule has 0 saturated heterocycles. The first-order valence-corrected chi connectivity index (χ1v) is 12.1. The van der Waals surface area contributed by atoms with Crippen molar-refractivity contribution in [3.8, 4) is 5.75 Å². The Balaban J connectivity index is 1.52. The van der Waals surface area contributed by atoms with Crippen molar-refractivity contribution >= 4 is 56.4 Å². The van der Waals surface area contributed by atoms with Crippen molar-refractivity contribution in [2.45, 2.75) is 26.2 Å². The number of carbonyl (C=O) groups is 2. The van der Waals surface area contributed by atoms with Crippen LogP contribution in [0.25, 0.3) is 0 Å². The van der Waals surface area contributed by atoms with E-state index in [1.165, 1.54) is 0 Å². The van der Waals surface area contributed by atoms with Gasteiger partial charge in [-0.2, -0.15) is 0 Å². The molecule has 0 saturated carbocycles. The maximum Gasteiger partial charge on any atom is 0.257 e. The Bertz CT molecular complexity index is 1160. The minimum Gasteiger partial charge on any atom is -0.492 e. The van der Waals surface area contributed by atoms with Gasteiger partial charge in [-0.15, -0.1) is 0 Å². The number of ether oxygens (including phenoxy) is 1. The number of nitrogens with one attached hydrogen (secondary N) is 3. The fourth-order valence-corrected chi connectivity index (χ4v) is 3.81. The second-order valence-corrected chi connectivity index (χ2v) is 8.78. The van der Waals surface area contributed by atoms with Gasteiger partial charge in [-0.3, -0.25) is 14.9 Å². The van der Waals surface area contributed by atoms with Crippen molar-refractivity contribution in [3.05, 3.63) is 88.4 Å². The predicted octanol–water partition coefficient (Wildman–Crippen LogP) is 5.94. The van der Waals surface area contributed by atoms with E-state index in [1.54, 1.807) is 42.5 Å². The summed E-state index contributed by atoms with van der Waals surface area (Å²) < 4.78 is 6.31. The molecule has 0 heterocycles. The lowest BCUT2D eigenvalue weighted by Gasteiger charge is -2.12. The number of carbonyl (C=O) groups excluding carboxylic acids is 2. The Morgan fingerprint density at radius 2 is 1.68 bits per heavy atom. The maximum absolute atomic E-state index is 12.6. The molecule has 34 heavy (non-hydrogen) atoms. The molecular formula is C26H26BrN3O3S. The molecule has 8 heteroatoms. The summed E-state index contributed by atoms with van der Waals surface area (Å²) >= 11 is 8.72. The van der Waals surface area contributed by atoms with Gasteiger partial charge in [-0.25, -0.2) is 0 Å². The van der Waals surface area contributed by atoms with Crippen LogP contribution in [0.2, 0.25) is 0 Å². The summed E-state index contributed by atoms with van der Waals surface area (Å²) in [6, 6.07) is 22.1. The first-order chi connectivity index (χ1) is 16.4. The average molecular weight is 540 g/mol. The summed E-state index contributed by atoms with van der Waals surface area (Å²) in [6.45, 7) is 2.63. The third-order valence-electron chi connectivity index (χ3n) is 4.77. The van der Waals surface area contributed by atoms with Crippen LogP contribution < -0.4 is 20.7 Å². The second-order valence-electron chi connectivity index (χ2n) is 7.52. The Hall–Kier alpha value is -3.23. The quantitative estimate of drug-likeness (QED) is 0.293. The molecular weight excluding hydrogens is 514 g/mol. The van der Waals surface area contributed by atoms with Crippen LogP contribution in [-0.4, -0.2) is 23.5 Å². The summed E-state index contributed by atoms with van der Waals surface area (Å²) in [5, 5.41) is 8.69. The number of rotatable bonds is 9. The van der Waals surface area contributed by atoms with Crippen molar-refractivity contribution in [3.63, 3.8) is 0 Å². The fourth-order valence-electron chi connectivity index (χ4n) is 3.11. The minimum atomic E-state index is -0.342.